The Morgan fingerprint density at radius 1 is 1.17 bits per heavy atom. The topological polar surface area (TPSA) is 109 Å². The molecule has 0 bridgehead atoms. The number of carbonyl (C=O) groups is 1. The number of piperidine rings is 1. The van der Waals surface area contributed by atoms with Gasteiger partial charge in [0.15, 0.2) is 0 Å². The highest BCUT2D eigenvalue weighted by Crippen LogP contribution is 2.14. The van der Waals surface area contributed by atoms with Gasteiger partial charge in [-0.1, -0.05) is 12.1 Å². The minimum atomic E-state index is -0.428. The van der Waals surface area contributed by atoms with E-state index in [9.17, 15) is 9.59 Å². The molecule has 9 heteroatoms. The van der Waals surface area contributed by atoms with Crippen LogP contribution < -0.4 is 22.1 Å². The minimum absolute atomic E-state index is 0.233. The Morgan fingerprint density at radius 3 is 2.63 bits per heavy atom. The van der Waals surface area contributed by atoms with E-state index in [-0.39, 0.29) is 17.9 Å². The van der Waals surface area contributed by atoms with Gasteiger partial charge in [0.25, 0.3) is 0 Å². The molecule has 160 valence electrons. The number of carbonyl (C=O) groups excluding carboxylic acids is 1. The molecule has 3 heterocycles. The Bertz CT molecular complexity index is 922. The van der Waals surface area contributed by atoms with Crippen molar-refractivity contribution < 1.29 is 4.79 Å². The summed E-state index contributed by atoms with van der Waals surface area (Å²) in [5, 5.41) is 5.91. The number of piperazine rings is 1. The summed E-state index contributed by atoms with van der Waals surface area (Å²) >= 11 is 0. The second-order valence-corrected chi connectivity index (χ2v) is 7.94. The molecule has 1 aromatic heterocycles. The largest absolute Gasteiger partial charge is 0.354 e. The van der Waals surface area contributed by atoms with Crippen LogP contribution in [-0.2, 0) is 6.54 Å². The van der Waals surface area contributed by atoms with Crippen LogP contribution in [0.1, 0.15) is 18.4 Å². The first-order valence-corrected chi connectivity index (χ1v) is 10.5. The molecule has 1 unspecified atom stereocenters. The molecular formula is C21H29N7O2. The number of nitrogens with zero attached hydrogens (tertiary/aromatic N) is 4. The monoisotopic (exact) mass is 411 g/mol. The lowest BCUT2D eigenvalue weighted by Gasteiger charge is -2.30. The molecule has 4 rings (SSSR count). The molecule has 2 aliphatic rings. The molecule has 9 nitrogen and oxygen atoms in total. The predicted octanol–water partition coefficient (Wildman–Crippen LogP) is 0.593. The minimum Gasteiger partial charge on any atom is -0.327 e. The molecule has 2 saturated heterocycles. The summed E-state index contributed by atoms with van der Waals surface area (Å²) in [6.45, 7) is 5.66. The maximum absolute atomic E-state index is 12.5. The van der Waals surface area contributed by atoms with E-state index in [4.69, 9.17) is 5.73 Å². The predicted molar refractivity (Wildman–Crippen MR) is 116 cm³/mol. The first kappa shape index (κ1) is 20.5. The highest BCUT2D eigenvalue weighted by Gasteiger charge is 2.18. The molecule has 0 saturated carbocycles. The van der Waals surface area contributed by atoms with E-state index in [2.05, 4.69) is 20.5 Å². The van der Waals surface area contributed by atoms with Crippen molar-refractivity contribution in [1.29, 1.82) is 0 Å². The molecule has 30 heavy (non-hydrogen) atoms. The molecule has 0 radical (unpaired) electrons. The van der Waals surface area contributed by atoms with Crippen LogP contribution in [0.5, 0.6) is 0 Å². The van der Waals surface area contributed by atoms with E-state index in [1.165, 1.54) is 10.1 Å². The van der Waals surface area contributed by atoms with Gasteiger partial charge in [-0.2, -0.15) is 4.98 Å². The molecule has 0 spiro atoms. The Labute approximate surface area is 175 Å². The van der Waals surface area contributed by atoms with E-state index >= 15 is 0 Å². The van der Waals surface area contributed by atoms with E-state index in [0.29, 0.717) is 13.1 Å². The van der Waals surface area contributed by atoms with Crippen LogP contribution in [0.3, 0.4) is 0 Å². The number of hydrogen-bond acceptors (Lipinski definition) is 6. The number of aromatic nitrogens is 2. The zero-order valence-electron chi connectivity index (χ0n) is 17.1. The van der Waals surface area contributed by atoms with Crippen molar-refractivity contribution in [2.45, 2.75) is 25.4 Å². The zero-order chi connectivity index (χ0) is 20.9. The maximum atomic E-state index is 12.5. The summed E-state index contributed by atoms with van der Waals surface area (Å²) in [6, 6.07) is 9.56. The van der Waals surface area contributed by atoms with Gasteiger partial charge in [-0.05, 0) is 43.1 Å². The molecule has 0 aliphatic carbocycles. The number of nitrogens with one attached hydrogen (secondary N) is 2. The third kappa shape index (κ3) is 5.05. The lowest BCUT2D eigenvalue weighted by Crippen LogP contribution is -2.48. The summed E-state index contributed by atoms with van der Waals surface area (Å²) in [7, 11) is 0. The quantitative estimate of drug-likeness (QED) is 0.680. The number of amides is 2. The molecule has 2 aromatic rings. The van der Waals surface area contributed by atoms with Crippen molar-refractivity contribution in [2.75, 3.05) is 44.6 Å². The second-order valence-electron chi connectivity index (χ2n) is 7.94. The Morgan fingerprint density at radius 2 is 1.93 bits per heavy atom. The fraction of sp³-hybridized carbons (Fsp3) is 0.476. The third-order valence-electron chi connectivity index (χ3n) is 5.61. The summed E-state index contributed by atoms with van der Waals surface area (Å²) in [6.07, 6.45) is 3.87. The van der Waals surface area contributed by atoms with Gasteiger partial charge in [0.2, 0.25) is 0 Å². The number of nitrogens with two attached hydrogens (primary N) is 1. The van der Waals surface area contributed by atoms with Crippen LogP contribution in [0.15, 0.2) is 41.3 Å². The lowest BCUT2D eigenvalue weighted by molar-refractivity contribution is 0.201. The smallest absolute Gasteiger partial charge is 0.327 e. The number of hydrogen-bond donors (Lipinski definition) is 3. The third-order valence-corrected chi connectivity index (χ3v) is 5.61. The summed E-state index contributed by atoms with van der Waals surface area (Å²) in [4.78, 5) is 32.9. The van der Waals surface area contributed by atoms with Crippen LogP contribution in [0, 0.1) is 0 Å². The average Bonchev–Trinajstić information content (AvgIpc) is 2.75. The first-order valence-electron chi connectivity index (χ1n) is 10.5. The fourth-order valence-corrected chi connectivity index (χ4v) is 3.98. The standard InChI is InChI=1S/C21H29N7O2/c22-17-2-1-10-26(15-17)14-16-3-5-18(6-4-16)28-11-7-19(25-21(28)30)24-20(29)27-12-8-23-9-13-27/h3-7,11,17,23H,1-2,8-10,12-15,22H2,(H,24,25,29,30). The van der Waals surface area contributed by atoms with Crippen LogP contribution in [-0.4, -0.2) is 70.7 Å². The normalized spacial score (nSPS) is 20.2. The van der Waals surface area contributed by atoms with Gasteiger partial charge < -0.3 is 16.0 Å². The van der Waals surface area contributed by atoms with Gasteiger partial charge in [-0.25, -0.2) is 9.59 Å². The second kappa shape index (κ2) is 9.38. The number of anilines is 1. The van der Waals surface area contributed by atoms with Crippen molar-refractivity contribution in [2.24, 2.45) is 5.73 Å². The first-order chi connectivity index (χ1) is 14.6. The maximum Gasteiger partial charge on any atom is 0.354 e. The van der Waals surface area contributed by atoms with Gasteiger partial charge in [-0.3, -0.25) is 14.8 Å². The highest BCUT2D eigenvalue weighted by molar-refractivity contribution is 5.88. The number of likely N-dealkylation sites (tertiary alicyclic amines) is 1. The number of rotatable bonds is 4. The van der Waals surface area contributed by atoms with Crippen LogP contribution in [0.25, 0.3) is 5.69 Å². The summed E-state index contributed by atoms with van der Waals surface area (Å²) in [5.41, 5.74) is 7.56. The van der Waals surface area contributed by atoms with Gasteiger partial charge in [0, 0.05) is 51.5 Å². The highest BCUT2D eigenvalue weighted by atomic mass is 16.2. The van der Waals surface area contributed by atoms with Crippen molar-refractivity contribution in [3.63, 3.8) is 0 Å². The average molecular weight is 412 g/mol. The molecular weight excluding hydrogens is 382 g/mol. The van der Waals surface area contributed by atoms with Gasteiger partial charge in [0.1, 0.15) is 5.82 Å². The number of urea groups is 1. The van der Waals surface area contributed by atoms with Crippen molar-refractivity contribution in [3.8, 4) is 5.69 Å². The molecule has 2 fully saturated rings. The van der Waals surface area contributed by atoms with E-state index in [1.54, 1.807) is 17.2 Å². The van der Waals surface area contributed by atoms with Gasteiger partial charge >= 0.3 is 11.7 Å². The number of benzene rings is 1. The van der Waals surface area contributed by atoms with Crippen molar-refractivity contribution >= 4 is 11.8 Å². The lowest BCUT2D eigenvalue weighted by atomic mass is 10.1. The Hall–Kier alpha value is -2.75. The van der Waals surface area contributed by atoms with Gasteiger partial charge in [-0.15, -0.1) is 0 Å². The molecule has 1 aromatic carbocycles. The van der Waals surface area contributed by atoms with E-state index in [0.717, 1.165) is 51.3 Å². The van der Waals surface area contributed by atoms with E-state index in [1.807, 2.05) is 24.3 Å². The van der Waals surface area contributed by atoms with Crippen LogP contribution in [0.4, 0.5) is 10.6 Å². The fourth-order valence-electron chi connectivity index (χ4n) is 3.98. The molecule has 2 aliphatic heterocycles. The van der Waals surface area contributed by atoms with Gasteiger partial charge in [0.05, 0.1) is 5.69 Å². The van der Waals surface area contributed by atoms with Crippen LogP contribution in [0.2, 0.25) is 0 Å². The van der Waals surface area contributed by atoms with Crippen molar-refractivity contribution in [1.82, 2.24) is 24.7 Å². The summed E-state index contributed by atoms with van der Waals surface area (Å²) < 4.78 is 1.47. The van der Waals surface area contributed by atoms with E-state index < -0.39 is 5.69 Å². The molecule has 1 atom stereocenters. The molecule has 4 N–H and O–H groups in total. The molecule has 2 amide bonds. The summed E-state index contributed by atoms with van der Waals surface area (Å²) in [5.74, 6) is 0.262. The van der Waals surface area contributed by atoms with Crippen LogP contribution >= 0.6 is 0 Å². The zero-order valence-corrected chi connectivity index (χ0v) is 17.1. The Kier molecular flexibility index (Phi) is 6.41. The van der Waals surface area contributed by atoms with Crippen molar-refractivity contribution in [3.05, 3.63) is 52.6 Å². The Balaban J connectivity index is 1.40. The SMILES string of the molecule is NC1CCCN(Cc2ccc(-n3ccc(NC(=O)N4CCNCC4)nc3=O)cc2)C1.